The van der Waals surface area contributed by atoms with Crippen LogP contribution in [-0.4, -0.2) is 39.7 Å². The number of esters is 1. The lowest BCUT2D eigenvalue weighted by atomic mass is 10.2. The molecule has 2 rings (SSSR count). The van der Waals surface area contributed by atoms with E-state index < -0.39 is 28.4 Å². The Bertz CT molecular complexity index is 929. The van der Waals surface area contributed by atoms with Crippen molar-refractivity contribution in [3.05, 3.63) is 57.7 Å². The van der Waals surface area contributed by atoms with Gasteiger partial charge in [0.15, 0.2) is 0 Å². The molecule has 1 amide bonds. The second kappa shape index (κ2) is 9.18. The zero-order valence-corrected chi connectivity index (χ0v) is 17.8. The average Bonchev–Trinajstić information content (AvgIpc) is 2.60. The standard InChI is InChI=1S/C18H19IN2O5S/c1-3-26-18(23)15-6-4-5-7-16(15)20-17(22)12-21(27(2,24)25)14-10-8-13(19)9-11-14/h4-11H,3,12H2,1-2H3,(H,20,22). The van der Waals surface area contributed by atoms with Gasteiger partial charge >= 0.3 is 5.97 Å². The van der Waals surface area contributed by atoms with Gasteiger partial charge in [-0.3, -0.25) is 9.10 Å². The summed E-state index contributed by atoms with van der Waals surface area (Å²) in [5.74, 6) is -1.14. The highest BCUT2D eigenvalue weighted by Crippen LogP contribution is 2.20. The summed E-state index contributed by atoms with van der Waals surface area (Å²) in [5, 5.41) is 2.59. The first-order chi connectivity index (χ1) is 12.7. The van der Waals surface area contributed by atoms with E-state index in [-0.39, 0.29) is 17.9 Å². The van der Waals surface area contributed by atoms with Gasteiger partial charge in [-0.25, -0.2) is 13.2 Å². The quantitative estimate of drug-likeness (QED) is 0.465. The van der Waals surface area contributed by atoms with Crippen LogP contribution in [0.2, 0.25) is 0 Å². The minimum Gasteiger partial charge on any atom is -0.462 e. The zero-order chi connectivity index (χ0) is 20.0. The number of carbonyl (C=O) groups is 2. The number of hydrogen-bond donors (Lipinski definition) is 1. The van der Waals surface area contributed by atoms with Gasteiger partial charge in [0.1, 0.15) is 6.54 Å². The van der Waals surface area contributed by atoms with Crippen LogP contribution in [-0.2, 0) is 19.6 Å². The summed E-state index contributed by atoms with van der Waals surface area (Å²) in [4.78, 5) is 24.5. The molecule has 0 aliphatic rings. The summed E-state index contributed by atoms with van der Waals surface area (Å²) in [7, 11) is -3.67. The Hall–Kier alpha value is -2.14. The second-order valence-electron chi connectivity index (χ2n) is 5.56. The largest absolute Gasteiger partial charge is 0.462 e. The van der Waals surface area contributed by atoms with E-state index in [1.165, 1.54) is 6.07 Å². The number of para-hydroxylation sites is 1. The number of carbonyl (C=O) groups excluding carboxylic acids is 2. The van der Waals surface area contributed by atoms with Gasteiger partial charge in [0, 0.05) is 3.57 Å². The summed E-state index contributed by atoms with van der Waals surface area (Å²) >= 11 is 2.11. The Labute approximate surface area is 171 Å². The van der Waals surface area contributed by atoms with E-state index in [0.29, 0.717) is 5.69 Å². The highest BCUT2D eigenvalue weighted by molar-refractivity contribution is 14.1. The number of rotatable bonds is 7. The number of anilines is 2. The Morgan fingerprint density at radius 1 is 1.11 bits per heavy atom. The predicted molar refractivity (Wildman–Crippen MR) is 112 cm³/mol. The van der Waals surface area contributed by atoms with E-state index in [4.69, 9.17) is 4.74 Å². The van der Waals surface area contributed by atoms with Crippen molar-refractivity contribution in [2.24, 2.45) is 0 Å². The molecule has 0 saturated carbocycles. The summed E-state index contributed by atoms with van der Waals surface area (Å²) in [6.45, 7) is 1.47. The summed E-state index contributed by atoms with van der Waals surface area (Å²) in [6, 6.07) is 13.2. The molecule has 7 nitrogen and oxygen atoms in total. The van der Waals surface area contributed by atoms with Crippen molar-refractivity contribution in [2.75, 3.05) is 29.0 Å². The maximum atomic E-state index is 12.5. The predicted octanol–water partition coefficient (Wildman–Crippen LogP) is 2.87. The normalized spacial score (nSPS) is 10.9. The molecule has 0 bridgehead atoms. The maximum Gasteiger partial charge on any atom is 0.340 e. The van der Waals surface area contributed by atoms with Gasteiger partial charge in [-0.1, -0.05) is 12.1 Å². The Morgan fingerprint density at radius 2 is 1.74 bits per heavy atom. The minimum absolute atomic E-state index is 0.202. The lowest BCUT2D eigenvalue weighted by Crippen LogP contribution is -2.37. The first-order valence-electron chi connectivity index (χ1n) is 8.01. The van der Waals surface area contributed by atoms with Crippen LogP contribution in [0.15, 0.2) is 48.5 Å². The molecule has 0 spiro atoms. The number of nitrogens with one attached hydrogen (secondary N) is 1. The van der Waals surface area contributed by atoms with E-state index in [0.717, 1.165) is 14.1 Å². The van der Waals surface area contributed by atoms with E-state index in [9.17, 15) is 18.0 Å². The van der Waals surface area contributed by atoms with Gasteiger partial charge in [0.25, 0.3) is 0 Å². The fourth-order valence-electron chi connectivity index (χ4n) is 2.31. The lowest BCUT2D eigenvalue weighted by molar-refractivity contribution is -0.114. The Kier molecular flexibility index (Phi) is 7.19. The Balaban J connectivity index is 2.22. The number of amides is 1. The molecule has 1 N–H and O–H groups in total. The minimum atomic E-state index is -3.67. The van der Waals surface area contributed by atoms with Crippen molar-refractivity contribution in [1.82, 2.24) is 0 Å². The first kappa shape index (κ1) is 21.2. The highest BCUT2D eigenvalue weighted by atomic mass is 127. The third-order valence-electron chi connectivity index (χ3n) is 3.50. The molecule has 0 heterocycles. The van der Waals surface area contributed by atoms with E-state index in [1.54, 1.807) is 49.4 Å². The molecular weight excluding hydrogens is 483 g/mol. The zero-order valence-electron chi connectivity index (χ0n) is 14.8. The van der Waals surface area contributed by atoms with E-state index in [2.05, 4.69) is 27.9 Å². The Morgan fingerprint density at radius 3 is 2.33 bits per heavy atom. The number of benzene rings is 2. The third kappa shape index (κ3) is 5.93. The van der Waals surface area contributed by atoms with Crippen molar-refractivity contribution in [1.29, 1.82) is 0 Å². The number of ether oxygens (including phenoxy) is 1. The molecule has 144 valence electrons. The molecule has 0 atom stereocenters. The van der Waals surface area contributed by atoms with Gasteiger partial charge in [-0.05, 0) is 65.9 Å². The van der Waals surface area contributed by atoms with Crippen LogP contribution in [0, 0.1) is 3.57 Å². The fourth-order valence-corrected chi connectivity index (χ4v) is 3.52. The highest BCUT2D eigenvalue weighted by Gasteiger charge is 2.22. The molecule has 27 heavy (non-hydrogen) atoms. The monoisotopic (exact) mass is 502 g/mol. The third-order valence-corrected chi connectivity index (χ3v) is 5.36. The number of halogens is 1. The molecule has 0 saturated heterocycles. The van der Waals surface area contributed by atoms with Crippen molar-refractivity contribution in [2.45, 2.75) is 6.92 Å². The number of hydrogen-bond acceptors (Lipinski definition) is 5. The molecule has 2 aromatic carbocycles. The lowest BCUT2D eigenvalue weighted by Gasteiger charge is -2.22. The fraction of sp³-hybridized carbons (Fsp3) is 0.222. The van der Waals surface area contributed by atoms with Crippen LogP contribution in [0.3, 0.4) is 0 Å². The number of nitrogens with zero attached hydrogens (tertiary/aromatic N) is 1. The van der Waals surface area contributed by atoms with Gasteiger partial charge in [0.05, 0.1) is 29.8 Å². The van der Waals surface area contributed by atoms with Crippen LogP contribution in [0.5, 0.6) is 0 Å². The molecule has 0 unspecified atom stereocenters. The van der Waals surface area contributed by atoms with Gasteiger partial charge in [0.2, 0.25) is 15.9 Å². The summed E-state index contributed by atoms with van der Waals surface area (Å²) in [5.41, 5.74) is 0.844. The molecule has 9 heteroatoms. The average molecular weight is 502 g/mol. The van der Waals surface area contributed by atoms with Crippen molar-refractivity contribution in [3.63, 3.8) is 0 Å². The van der Waals surface area contributed by atoms with Crippen LogP contribution in [0.25, 0.3) is 0 Å². The molecule has 0 aliphatic heterocycles. The maximum absolute atomic E-state index is 12.5. The van der Waals surface area contributed by atoms with Gasteiger partial charge in [-0.15, -0.1) is 0 Å². The van der Waals surface area contributed by atoms with Crippen molar-refractivity contribution in [3.8, 4) is 0 Å². The molecule has 0 aromatic heterocycles. The molecule has 0 fully saturated rings. The molecule has 0 aliphatic carbocycles. The molecule has 2 aromatic rings. The molecule has 0 radical (unpaired) electrons. The topological polar surface area (TPSA) is 92.8 Å². The number of sulfonamides is 1. The first-order valence-corrected chi connectivity index (χ1v) is 10.9. The van der Waals surface area contributed by atoms with Gasteiger partial charge in [-0.2, -0.15) is 0 Å². The van der Waals surface area contributed by atoms with E-state index >= 15 is 0 Å². The van der Waals surface area contributed by atoms with Crippen molar-refractivity contribution < 1.29 is 22.7 Å². The van der Waals surface area contributed by atoms with Gasteiger partial charge < -0.3 is 10.1 Å². The second-order valence-corrected chi connectivity index (χ2v) is 8.71. The SMILES string of the molecule is CCOC(=O)c1ccccc1NC(=O)CN(c1ccc(I)cc1)S(C)(=O)=O. The summed E-state index contributed by atoms with van der Waals surface area (Å²) in [6.07, 6.45) is 1.03. The van der Waals surface area contributed by atoms with Crippen molar-refractivity contribution >= 4 is 55.9 Å². The van der Waals surface area contributed by atoms with Crippen LogP contribution in [0.4, 0.5) is 11.4 Å². The van der Waals surface area contributed by atoms with Crippen LogP contribution >= 0.6 is 22.6 Å². The van der Waals surface area contributed by atoms with Crippen LogP contribution < -0.4 is 9.62 Å². The van der Waals surface area contributed by atoms with Crippen LogP contribution in [0.1, 0.15) is 17.3 Å². The van der Waals surface area contributed by atoms with E-state index in [1.807, 2.05) is 0 Å². The smallest absolute Gasteiger partial charge is 0.340 e. The summed E-state index contributed by atoms with van der Waals surface area (Å²) < 4.78 is 31.2. The molecular formula is C18H19IN2O5S.